The summed E-state index contributed by atoms with van der Waals surface area (Å²) in [7, 11) is -1.28. The molecule has 2 heterocycles. The molecule has 0 saturated carbocycles. The molecular formula is C10H13N2O4P. The summed E-state index contributed by atoms with van der Waals surface area (Å²) in [5.41, 5.74) is 0.482. The van der Waals surface area contributed by atoms with E-state index in [1.54, 1.807) is 0 Å². The van der Waals surface area contributed by atoms with Gasteiger partial charge in [0, 0.05) is 12.3 Å². The van der Waals surface area contributed by atoms with Gasteiger partial charge in [0.15, 0.2) is 5.69 Å². The first-order valence-electron chi connectivity index (χ1n) is 5.22. The van der Waals surface area contributed by atoms with Gasteiger partial charge >= 0.3 is 5.97 Å². The number of carbonyl (C=O) groups is 1. The van der Waals surface area contributed by atoms with Crippen molar-refractivity contribution in [2.45, 2.75) is 0 Å². The van der Waals surface area contributed by atoms with Crippen LogP contribution in [0, 0.1) is 0 Å². The van der Waals surface area contributed by atoms with Crippen molar-refractivity contribution in [2.24, 2.45) is 0 Å². The van der Waals surface area contributed by atoms with Gasteiger partial charge in [-0.2, -0.15) is 0 Å². The van der Waals surface area contributed by atoms with E-state index in [2.05, 4.69) is 14.7 Å². The third kappa shape index (κ3) is 2.53. The fourth-order valence-corrected chi connectivity index (χ4v) is 3.72. The molecule has 0 N–H and O–H groups in total. The molecule has 0 amide bonds. The number of carbonyl (C=O) groups excluding carboxylic acids is 1. The molecule has 0 aromatic carbocycles. The highest BCUT2D eigenvalue weighted by atomic mass is 31.2. The second kappa shape index (κ2) is 4.94. The molecule has 0 atom stereocenters. The van der Waals surface area contributed by atoms with Gasteiger partial charge in [0.1, 0.15) is 12.6 Å². The van der Waals surface area contributed by atoms with Crippen molar-refractivity contribution < 1.29 is 18.8 Å². The standard InChI is InChI=1S/C10H13N2O4P/c1-15-10(13)8-6-11-7-9(12-8)17(14)4-2-16-3-5-17/h6-7H,2-5H2,1H3. The molecule has 0 unspecified atom stereocenters. The third-order valence-corrected chi connectivity index (χ3v) is 5.49. The Morgan fingerprint density at radius 2 is 2.12 bits per heavy atom. The summed E-state index contributed by atoms with van der Waals surface area (Å²) in [4.78, 5) is 19.3. The summed E-state index contributed by atoms with van der Waals surface area (Å²) in [5, 5.41) is 0. The van der Waals surface area contributed by atoms with Gasteiger partial charge in [-0.3, -0.25) is 4.98 Å². The van der Waals surface area contributed by atoms with Crippen LogP contribution in [-0.4, -0.2) is 48.6 Å². The Kier molecular flexibility index (Phi) is 3.54. The second-order valence-corrected chi connectivity index (χ2v) is 6.83. The zero-order valence-corrected chi connectivity index (χ0v) is 10.4. The topological polar surface area (TPSA) is 78.4 Å². The molecule has 1 aromatic rings. The molecule has 0 spiro atoms. The third-order valence-electron chi connectivity index (χ3n) is 2.63. The molecule has 1 saturated heterocycles. The smallest absolute Gasteiger partial charge is 0.358 e. The Hall–Kier alpha value is -1.26. The van der Waals surface area contributed by atoms with Crippen LogP contribution in [0.2, 0.25) is 0 Å². The molecule has 2 rings (SSSR count). The fraction of sp³-hybridized carbons (Fsp3) is 0.500. The molecule has 0 radical (unpaired) electrons. The largest absolute Gasteiger partial charge is 0.464 e. The van der Waals surface area contributed by atoms with Crippen LogP contribution >= 0.6 is 7.14 Å². The minimum absolute atomic E-state index is 0.0896. The number of nitrogens with zero attached hydrogens (tertiary/aromatic N) is 2. The minimum Gasteiger partial charge on any atom is -0.464 e. The maximum absolute atomic E-state index is 12.6. The van der Waals surface area contributed by atoms with Gasteiger partial charge in [0.05, 0.1) is 32.7 Å². The van der Waals surface area contributed by atoms with Gasteiger partial charge in [-0.15, -0.1) is 0 Å². The number of aromatic nitrogens is 2. The van der Waals surface area contributed by atoms with Crippen LogP contribution in [0.1, 0.15) is 10.5 Å². The van der Waals surface area contributed by atoms with Crippen LogP contribution in [0.5, 0.6) is 0 Å². The first-order chi connectivity index (χ1) is 8.15. The molecular weight excluding hydrogens is 243 g/mol. The highest BCUT2D eigenvalue weighted by molar-refractivity contribution is 7.71. The summed E-state index contributed by atoms with van der Waals surface area (Å²) in [5.74, 6) is -0.570. The quantitative estimate of drug-likeness (QED) is 0.558. The lowest BCUT2D eigenvalue weighted by Crippen LogP contribution is -2.25. The molecule has 7 heteroatoms. The van der Waals surface area contributed by atoms with E-state index < -0.39 is 13.1 Å². The predicted octanol–water partition coefficient (Wildman–Crippen LogP) is 0.282. The van der Waals surface area contributed by atoms with Crippen LogP contribution in [0.15, 0.2) is 12.4 Å². The average Bonchev–Trinajstić information content (AvgIpc) is 2.39. The number of ether oxygens (including phenoxy) is 2. The van der Waals surface area contributed by atoms with Crippen molar-refractivity contribution in [1.82, 2.24) is 9.97 Å². The van der Waals surface area contributed by atoms with Crippen LogP contribution in [0.4, 0.5) is 0 Å². The van der Waals surface area contributed by atoms with Crippen LogP contribution < -0.4 is 5.44 Å². The van der Waals surface area contributed by atoms with Crippen molar-refractivity contribution in [3.63, 3.8) is 0 Å². The lowest BCUT2D eigenvalue weighted by atomic mass is 10.5. The maximum atomic E-state index is 12.6. The zero-order valence-electron chi connectivity index (χ0n) is 9.46. The van der Waals surface area contributed by atoms with E-state index in [1.165, 1.54) is 19.5 Å². The van der Waals surface area contributed by atoms with Crippen molar-refractivity contribution in [3.8, 4) is 0 Å². The summed E-state index contributed by atoms with van der Waals surface area (Å²) in [6.07, 6.45) is 3.67. The molecule has 0 aliphatic carbocycles. The molecule has 0 bridgehead atoms. The molecule has 1 aliphatic heterocycles. The van der Waals surface area contributed by atoms with E-state index in [-0.39, 0.29) is 5.69 Å². The zero-order chi connectivity index (χ0) is 12.3. The molecule has 6 nitrogen and oxygen atoms in total. The van der Waals surface area contributed by atoms with Gasteiger partial charge in [0.2, 0.25) is 0 Å². The number of methoxy groups -OCH3 is 1. The summed E-state index contributed by atoms with van der Waals surface area (Å²) < 4.78 is 22.3. The van der Waals surface area contributed by atoms with Gasteiger partial charge in [-0.1, -0.05) is 0 Å². The highest BCUT2D eigenvalue weighted by Gasteiger charge is 2.30. The van der Waals surface area contributed by atoms with E-state index in [9.17, 15) is 9.36 Å². The molecule has 17 heavy (non-hydrogen) atoms. The first kappa shape index (κ1) is 12.2. The lowest BCUT2D eigenvalue weighted by molar-refractivity contribution is 0.0594. The van der Waals surface area contributed by atoms with Crippen molar-refractivity contribution in [1.29, 1.82) is 0 Å². The Bertz CT molecular complexity index is 467. The molecule has 92 valence electrons. The molecule has 1 aliphatic rings. The number of hydrogen-bond donors (Lipinski definition) is 0. The maximum Gasteiger partial charge on any atom is 0.358 e. The van der Waals surface area contributed by atoms with Gasteiger partial charge in [-0.05, 0) is 0 Å². The highest BCUT2D eigenvalue weighted by Crippen LogP contribution is 2.44. The SMILES string of the molecule is COC(=O)c1cncc(P2(=O)CCOCC2)n1. The summed E-state index contributed by atoms with van der Waals surface area (Å²) in [6, 6.07) is 0. The van der Waals surface area contributed by atoms with Crippen LogP contribution in [-0.2, 0) is 14.0 Å². The van der Waals surface area contributed by atoms with Crippen molar-refractivity contribution >= 4 is 18.5 Å². The average molecular weight is 256 g/mol. The van der Waals surface area contributed by atoms with Gasteiger partial charge < -0.3 is 14.0 Å². The number of rotatable bonds is 2. The van der Waals surface area contributed by atoms with Crippen molar-refractivity contribution in [2.75, 3.05) is 32.6 Å². The van der Waals surface area contributed by atoms with E-state index in [0.717, 1.165) is 0 Å². The lowest BCUT2D eigenvalue weighted by Gasteiger charge is -2.22. The Morgan fingerprint density at radius 3 is 2.76 bits per heavy atom. The van der Waals surface area contributed by atoms with Crippen LogP contribution in [0.25, 0.3) is 0 Å². The second-order valence-electron chi connectivity index (χ2n) is 3.70. The van der Waals surface area contributed by atoms with Gasteiger partial charge in [0.25, 0.3) is 0 Å². The Morgan fingerprint density at radius 1 is 1.41 bits per heavy atom. The van der Waals surface area contributed by atoms with E-state index >= 15 is 0 Å². The monoisotopic (exact) mass is 256 g/mol. The Labute approximate surface area is 98.7 Å². The van der Waals surface area contributed by atoms with Crippen LogP contribution in [0.3, 0.4) is 0 Å². The molecule has 1 fully saturated rings. The number of esters is 1. The first-order valence-corrected chi connectivity index (χ1v) is 7.30. The Balaban J connectivity index is 2.32. The summed E-state index contributed by atoms with van der Waals surface area (Å²) in [6.45, 7) is 0.919. The minimum atomic E-state index is -2.55. The normalized spacial score (nSPS) is 18.6. The van der Waals surface area contributed by atoms with Crippen molar-refractivity contribution in [3.05, 3.63) is 18.1 Å². The summed E-state index contributed by atoms with van der Waals surface area (Å²) >= 11 is 0. The van der Waals surface area contributed by atoms with E-state index in [0.29, 0.717) is 31.0 Å². The van der Waals surface area contributed by atoms with Gasteiger partial charge in [-0.25, -0.2) is 9.78 Å². The predicted molar refractivity (Wildman–Crippen MR) is 61.2 cm³/mol. The molecule has 1 aromatic heterocycles. The van der Waals surface area contributed by atoms with E-state index in [1.807, 2.05) is 0 Å². The van der Waals surface area contributed by atoms with E-state index in [4.69, 9.17) is 4.74 Å². The fourth-order valence-electron chi connectivity index (χ4n) is 1.62. The number of hydrogen-bond acceptors (Lipinski definition) is 6.